The van der Waals surface area contributed by atoms with Crippen LogP contribution >= 0.6 is 11.3 Å². The average molecular weight is 205 g/mol. The molecule has 0 N–H and O–H groups in total. The Morgan fingerprint density at radius 3 is 3.07 bits per heavy atom. The molecule has 0 aliphatic carbocycles. The van der Waals surface area contributed by atoms with Gasteiger partial charge in [0.15, 0.2) is 0 Å². The summed E-state index contributed by atoms with van der Waals surface area (Å²) in [5.41, 5.74) is 2.19. The van der Waals surface area contributed by atoms with Crippen LogP contribution in [-0.4, -0.2) is 9.78 Å². The van der Waals surface area contributed by atoms with Crippen molar-refractivity contribution < 1.29 is 0 Å². The Bertz CT molecular complexity index is 487. The average Bonchev–Trinajstić information content (AvgIpc) is 2.67. The van der Waals surface area contributed by atoms with Crippen LogP contribution in [-0.2, 0) is 6.54 Å². The van der Waals surface area contributed by atoms with Gasteiger partial charge in [0.2, 0.25) is 0 Å². The minimum Gasteiger partial charge on any atom is -0.250 e. The maximum atomic E-state index is 8.66. The summed E-state index contributed by atoms with van der Waals surface area (Å²) in [7, 11) is 0. The fraction of sp³-hybridized carbons (Fsp3) is 0.400. The second-order valence-corrected chi connectivity index (χ2v) is 4.41. The van der Waals surface area contributed by atoms with Gasteiger partial charge in [-0.15, -0.1) is 11.3 Å². The van der Waals surface area contributed by atoms with E-state index in [4.69, 9.17) is 5.26 Å². The van der Waals surface area contributed by atoms with E-state index in [1.807, 2.05) is 11.4 Å². The third kappa shape index (κ3) is 1.30. The number of nitriles is 1. The van der Waals surface area contributed by atoms with Crippen LogP contribution in [0.3, 0.4) is 0 Å². The summed E-state index contributed by atoms with van der Waals surface area (Å²) < 4.78 is 3.00. The summed E-state index contributed by atoms with van der Waals surface area (Å²) in [6, 6.07) is 4.15. The van der Waals surface area contributed by atoms with Crippen LogP contribution in [0.2, 0.25) is 0 Å². The van der Waals surface area contributed by atoms with Crippen molar-refractivity contribution in [1.82, 2.24) is 9.78 Å². The quantitative estimate of drug-likeness (QED) is 0.756. The van der Waals surface area contributed by atoms with Gasteiger partial charge in [-0.25, -0.2) is 4.68 Å². The monoisotopic (exact) mass is 205 g/mol. The summed E-state index contributed by atoms with van der Waals surface area (Å²) in [4.78, 5) is 0. The van der Waals surface area contributed by atoms with Crippen LogP contribution in [0.15, 0.2) is 11.4 Å². The molecule has 2 aromatic rings. The van der Waals surface area contributed by atoms with Crippen LogP contribution in [0.4, 0.5) is 0 Å². The highest BCUT2D eigenvalue weighted by Gasteiger charge is 2.13. The zero-order valence-corrected chi connectivity index (χ0v) is 9.01. The van der Waals surface area contributed by atoms with Gasteiger partial charge in [-0.05, 0) is 17.4 Å². The molecular formula is C10H11N3S. The first kappa shape index (κ1) is 9.22. The molecule has 14 heavy (non-hydrogen) atoms. The first-order valence-corrected chi connectivity index (χ1v) is 5.43. The van der Waals surface area contributed by atoms with Crippen LogP contribution in [0.1, 0.15) is 25.5 Å². The Hall–Kier alpha value is -1.34. The molecule has 0 saturated carbocycles. The number of rotatable bonds is 2. The van der Waals surface area contributed by atoms with Gasteiger partial charge in [0, 0.05) is 0 Å². The zero-order valence-electron chi connectivity index (χ0n) is 8.19. The summed E-state index contributed by atoms with van der Waals surface area (Å²) in [5.74, 6) is 0.413. The van der Waals surface area contributed by atoms with Gasteiger partial charge < -0.3 is 0 Å². The Labute approximate surface area is 86.6 Å². The molecule has 0 fully saturated rings. The second-order valence-electron chi connectivity index (χ2n) is 3.49. The molecule has 0 radical (unpaired) electrons. The van der Waals surface area contributed by atoms with Gasteiger partial charge in [-0.2, -0.15) is 10.4 Å². The fourth-order valence-corrected chi connectivity index (χ4v) is 2.52. The normalized spacial score (nSPS) is 11.0. The van der Waals surface area contributed by atoms with Crippen LogP contribution < -0.4 is 0 Å². The number of thiophene rings is 1. The minimum atomic E-state index is 0.333. The maximum absolute atomic E-state index is 8.66. The molecule has 0 amide bonds. The largest absolute Gasteiger partial charge is 0.250 e. The van der Waals surface area contributed by atoms with Gasteiger partial charge in [-0.3, -0.25) is 0 Å². The topological polar surface area (TPSA) is 41.6 Å². The Morgan fingerprint density at radius 2 is 2.43 bits per heavy atom. The number of hydrogen-bond donors (Lipinski definition) is 0. The lowest BCUT2D eigenvalue weighted by Gasteiger charge is -1.98. The third-order valence-corrected chi connectivity index (χ3v) is 3.08. The predicted octanol–water partition coefficient (Wildman–Crippen LogP) is 2.74. The predicted molar refractivity (Wildman–Crippen MR) is 57.3 cm³/mol. The van der Waals surface area contributed by atoms with E-state index in [9.17, 15) is 0 Å². The van der Waals surface area contributed by atoms with E-state index in [2.05, 4.69) is 25.0 Å². The van der Waals surface area contributed by atoms with Crippen molar-refractivity contribution in [2.24, 2.45) is 0 Å². The molecular weight excluding hydrogens is 194 g/mol. The standard InChI is InChI=1S/C10H11N3S/c1-7(2)9-10-8(3-6-14-10)13(12-9)5-4-11/h3,6-7H,5H2,1-2H3. The Balaban J connectivity index is 2.63. The SMILES string of the molecule is CC(C)c1nn(CC#N)c2ccsc12. The van der Waals surface area contributed by atoms with E-state index in [0.717, 1.165) is 11.2 Å². The summed E-state index contributed by atoms with van der Waals surface area (Å²) in [5, 5.41) is 15.1. The maximum Gasteiger partial charge on any atom is 0.128 e. The minimum absolute atomic E-state index is 0.333. The van der Waals surface area contributed by atoms with Crippen molar-refractivity contribution in [3.8, 4) is 6.07 Å². The highest BCUT2D eigenvalue weighted by Crippen LogP contribution is 2.29. The van der Waals surface area contributed by atoms with Gasteiger partial charge in [0.05, 0.1) is 22.0 Å². The molecule has 4 heteroatoms. The number of hydrogen-bond acceptors (Lipinski definition) is 3. The van der Waals surface area contributed by atoms with E-state index in [1.165, 1.54) is 4.70 Å². The fourth-order valence-electron chi connectivity index (χ4n) is 1.49. The summed E-state index contributed by atoms with van der Waals surface area (Å²) >= 11 is 1.70. The molecule has 0 aliphatic rings. The van der Waals surface area contributed by atoms with E-state index in [0.29, 0.717) is 12.5 Å². The first-order valence-electron chi connectivity index (χ1n) is 4.55. The van der Waals surface area contributed by atoms with Crippen molar-refractivity contribution >= 4 is 21.6 Å². The van der Waals surface area contributed by atoms with Gasteiger partial charge in [0.25, 0.3) is 0 Å². The van der Waals surface area contributed by atoms with E-state index in [1.54, 1.807) is 16.0 Å². The molecule has 0 bridgehead atoms. The van der Waals surface area contributed by atoms with Gasteiger partial charge in [0.1, 0.15) is 6.54 Å². The van der Waals surface area contributed by atoms with E-state index >= 15 is 0 Å². The molecule has 0 atom stereocenters. The number of aromatic nitrogens is 2. The smallest absolute Gasteiger partial charge is 0.128 e. The van der Waals surface area contributed by atoms with Crippen LogP contribution in [0.25, 0.3) is 10.2 Å². The van der Waals surface area contributed by atoms with Crippen molar-refractivity contribution in [1.29, 1.82) is 5.26 Å². The number of nitrogens with zero attached hydrogens (tertiary/aromatic N) is 3. The third-order valence-electron chi connectivity index (χ3n) is 2.15. The second kappa shape index (κ2) is 3.43. The molecule has 2 rings (SSSR count). The lowest BCUT2D eigenvalue weighted by atomic mass is 10.1. The lowest BCUT2D eigenvalue weighted by Crippen LogP contribution is -1.98. The van der Waals surface area contributed by atoms with E-state index < -0.39 is 0 Å². The van der Waals surface area contributed by atoms with Crippen molar-refractivity contribution in [2.45, 2.75) is 26.3 Å². The molecule has 0 spiro atoms. The van der Waals surface area contributed by atoms with E-state index in [-0.39, 0.29) is 0 Å². The van der Waals surface area contributed by atoms with Crippen molar-refractivity contribution in [3.63, 3.8) is 0 Å². The summed E-state index contributed by atoms with van der Waals surface area (Å²) in [6.07, 6.45) is 0. The molecule has 0 aromatic carbocycles. The molecule has 0 saturated heterocycles. The zero-order chi connectivity index (χ0) is 10.1. The number of fused-ring (bicyclic) bond motifs is 1. The highest BCUT2D eigenvalue weighted by atomic mass is 32.1. The molecule has 72 valence electrons. The van der Waals surface area contributed by atoms with Gasteiger partial charge in [-0.1, -0.05) is 13.8 Å². The summed E-state index contributed by atoms with van der Waals surface area (Å²) in [6.45, 7) is 4.58. The molecule has 2 heterocycles. The lowest BCUT2D eigenvalue weighted by molar-refractivity contribution is 0.692. The highest BCUT2D eigenvalue weighted by molar-refractivity contribution is 7.17. The van der Waals surface area contributed by atoms with Gasteiger partial charge >= 0.3 is 0 Å². The molecule has 3 nitrogen and oxygen atoms in total. The Kier molecular flexibility index (Phi) is 2.26. The van der Waals surface area contributed by atoms with Crippen molar-refractivity contribution in [2.75, 3.05) is 0 Å². The molecule has 0 aliphatic heterocycles. The van der Waals surface area contributed by atoms with Crippen LogP contribution in [0.5, 0.6) is 0 Å². The van der Waals surface area contributed by atoms with Crippen LogP contribution in [0, 0.1) is 11.3 Å². The molecule has 2 aromatic heterocycles. The molecule has 0 unspecified atom stereocenters. The Morgan fingerprint density at radius 1 is 1.64 bits per heavy atom. The first-order chi connectivity index (χ1) is 6.74. The van der Waals surface area contributed by atoms with Crippen molar-refractivity contribution in [3.05, 3.63) is 17.1 Å².